The lowest BCUT2D eigenvalue weighted by Gasteiger charge is -2.15. The summed E-state index contributed by atoms with van der Waals surface area (Å²) in [5, 5.41) is 3.53. The van der Waals surface area contributed by atoms with E-state index in [2.05, 4.69) is 15.3 Å². The highest BCUT2D eigenvalue weighted by Crippen LogP contribution is 2.32. The molecule has 2 rings (SSSR count). The Kier molecular flexibility index (Phi) is 4.41. The highest BCUT2D eigenvalue weighted by molar-refractivity contribution is 7.99. The van der Waals surface area contributed by atoms with Gasteiger partial charge in [-0.05, 0) is 49.5 Å². The summed E-state index contributed by atoms with van der Waals surface area (Å²) in [5.74, 6) is 0.343. The maximum absolute atomic E-state index is 13.4. The summed E-state index contributed by atoms with van der Waals surface area (Å²) in [5.41, 5.74) is 12.1. The zero-order chi connectivity index (χ0) is 14.7. The monoisotopic (exact) mass is 293 g/mol. The Hall–Kier alpha value is -1.86. The summed E-state index contributed by atoms with van der Waals surface area (Å²) in [6, 6.07) is 6.10. The summed E-state index contributed by atoms with van der Waals surface area (Å²) >= 11 is 1.31. The van der Waals surface area contributed by atoms with Gasteiger partial charge in [-0.3, -0.25) is 0 Å². The van der Waals surface area contributed by atoms with Gasteiger partial charge in [-0.1, -0.05) is 0 Å². The third-order valence-corrected chi connectivity index (χ3v) is 3.77. The molecule has 1 heterocycles. The van der Waals surface area contributed by atoms with Gasteiger partial charge in [-0.2, -0.15) is 0 Å². The molecular formula is C13H16FN5S. The number of nitrogen functional groups attached to an aromatic ring is 2. The molecule has 1 aromatic heterocycles. The fraction of sp³-hybridized carbons (Fsp3) is 0.231. The lowest BCUT2D eigenvalue weighted by Crippen LogP contribution is -2.13. The van der Waals surface area contributed by atoms with Crippen LogP contribution in [0.3, 0.4) is 0 Å². The Bertz CT molecular complexity index is 599. The fourth-order valence-electron chi connectivity index (χ4n) is 1.71. The van der Waals surface area contributed by atoms with Crippen molar-refractivity contribution in [2.75, 3.05) is 18.5 Å². The zero-order valence-electron chi connectivity index (χ0n) is 11.2. The van der Waals surface area contributed by atoms with E-state index in [1.54, 1.807) is 6.07 Å². The minimum atomic E-state index is -0.278. The van der Waals surface area contributed by atoms with Gasteiger partial charge in [-0.15, -0.1) is 0 Å². The number of aromatic nitrogens is 2. The van der Waals surface area contributed by atoms with Gasteiger partial charge in [0, 0.05) is 17.0 Å². The van der Waals surface area contributed by atoms with E-state index in [0.717, 1.165) is 10.5 Å². The maximum atomic E-state index is 13.4. The molecule has 1 unspecified atom stereocenters. The van der Waals surface area contributed by atoms with Gasteiger partial charge in [0.2, 0.25) is 0 Å². The Labute approximate surface area is 121 Å². The normalized spacial score (nSPS) is 12.3. The smallest absolute Gasteiger partial charge is 0.196 e. The molecule has 0 radical (unpaired) electrons. The number of nitrogens with zero attached hydrogens (tertiary/aromatic N) is 2. The number of hydrogen-bond donors (Lipinski definition) is 3. The first kappa shape index (κ1) is 14.5. The number of nitrogens with two attached hydrogens (primary N) is 2. The standard InChI is InChI=1S/C13H16FN5S/c1-7(17-2)9-5-8(14)3-4-10(9)20-13-18-11(15)6-12(16)19-13/h3-7,17H,1-2H3,(H4,15,16,18,19). The van der Waals surface area contributed by atoms with Crippen LogP contribution in [0.4, 0.5) is 16.0 Å². The van der Waals surface area contributed by atoms with Crippen LogP contribution < -0.4 is 16.8 Å². The van der Waals surface area contributed by atoms with Crippen LogP contribution in [0.5, 0.6) is 0 Å². The fourth-order valence-corrected chi connectivity index (χ4v) is 2.70. The minimum absolute atomic E-state index is 0.00612. The molecule has 7 heteroatoms. The topological polar surface area (TPSA) is 89.8 Å². The molecule has 0 bridgehead atoms. The molecule has 0 aliphatic rings. The van der Waals surface area contributed by atoms with Crippen LogP contribution in [0.2, 0.25) is 0 Å². The van der Waals surface area contributed by atoms with Crippen LogP contribution in [0.15, 0.2) is 34.3 Å². The van der Waals surface area contributed by atoms with E-state index in [0.29, 0.717) is 16.8 Å². The van der Waals surface area contributed by atoms with Crippen molar-refractivity contribution in [3.63, 3.8) is 0 Å². The van der Waals surface area contributed by atoms with Crippen LogP contribution in [0.25, 0.3) is 0 Å². The van der Waals surface area contributed by atoms with E-state index in [9.17, 15) is 4.39 Å². The number of halogens is 1. The Morgan fingerprint density at radius 1 is 1.20 bits per heavy atom. The summed E-state index contributed by atoms with van der Waals surface area (Å²) in [6.45, 7) is 1.95. The van der Waals surface area contributed by atoms with Crippen molar-refractivity contribution in [2.45, 2.75) is 23.0 Å². The molecule has 1 atom stereocenters. The first-order chi connectivity index (χ1) is 9.49. The van der Waals surface area contributed by atoms with E-state index < -0.39 is 0 Å². The molecule has 0 fully saturated rings. The predicted molar refractivity (Wildman–Crippen MR) is 78.9 cm³/mol. The number of rotatable bonds is 4. The molecule has 5 N–H and O–H groups in total. The molecule has 0 amide bonds. The third-order valence-electron chi connectivity index (χ3n) is 2.82. The largest absolute Gasteiger partial charge is 0.383 e. The minimum Gasteiger partial charge on any atom is -0.383 e. The van der Waals surface area contributed by atoms with E-state index in [-0.39, 0.29) is 11.9 Å². The number of hydrogen-bond acceptors (Lipinski definition) is 6. The van der Waals surface area contributed by atoms with Crippen LogP contribution >= 0.6 is 11.8 Å². The quantitative estimate of drug-likeness (QED) is 0.749. The number of anilines is 2. The van der Waals surface area contributed by atoms with Gasteiger partial charge in [0.1, 0.15) is 17.5 Å². The molecule has 0 saturated heterocycles. The van der Waals surface area contributed by atoms with Crippen LogP contribution in [0, 0.1) is 5.82 Å². The van der Waals surface area contributed by atoms with Crippen molar-refractivity contribution >= 4 is 23.4 Å². The van der Waals surface area contributed by atoms with Gasteiger partial charge in [0.25, 0.3) is 0 Å². The average molecular weight is 293 g/mol. The van der Waals surface area contributed by atoms with Gasteiger partial charge < -0.3 is 16.8 Å². The highest BCUT2D eigenvalue weighted by Gasteiger charge is 2.13. The Balaban J connectivity index is 2.37. The molecule has 2 aromatic rings. The molecule has 0 spiro atoms. The van der Waals surface area contributed by atoms with E-state index in [1.807, 2.05) is 14.0 Å². The predicted octanol–water partition coefficient (Wildman–Crippen LogP) is 2.21. The third kappa shape index (κ3) is 3.37. The van der Waals surface area contributed by atoms with Crippen molar-refractivity contribution in [3.05, 3.63) is 35.6 Å². The second-order valence-corrected chi connectivity index (χ2v) is 5.30. The van der Waals surface area contributed by atoms with Crippen LogP contribution in [0.1, 0.15) is 18.5 Å². The van der Waals surface area contributed by atoms with E-state index in [4.69, 9.17) is 11.5 Å². The highest BCUT2D eigenvalue weighted by atomic mass is 32.2. The first-order valence-corrected chi connectivity index (χ1v) is 6.86. The summed E-state index contributed by atoms with van der Waals surface area (Å²) in [7, 11) is 1.82. The van der Waals surface area contributed by atoms with Crippen molar-refractivity contribution in [2.24, 2.45) is 0 Å². The SMILES string of the molecule is CNC(C)c1cc(F)ccc1Sc1nc(N)cc(N)n1. The van der Waals surface area contributed by atoms with E-state index in [1.165, 1.54) is 30.0 Å². The molecule has 106 valence electrons. The van der Waals surface area contributed by atoms with Crippen molar-refractivity contribution in [1.82, 2.24) is 15.3 Å². The molecule has 20 heavy (non-hydrogen) atoms. The van der Waals surface area contributed by atoms with Gasteiger partial charge in [0.15, 0.2) is 5.16 Å². The molecule has 1 aromatic carbocycles. The van der Waals surface area contributed by atoms with Gasteiger partial charge in [0.05, 0.1) is 0 Å². The van der Waals surface area contributed by atoms with Crippen molar-refractivity contribution in [3.8, 4) is 0 Å². The van der Waals surface area contributed by atoms with Gasteiger partial charge >= 0.3 is 0 Å². The van der Waals surface area contributed by atoms with E-state index >= 15 is 0 Å². The van der Waals surface area contributed by atoms with Gasteiger partial charge in [-0.25, -0.2) is 14.4 Å². The van der Waals surface area contributed by atoms with Crippen molar-refractivity contribution in [1.29, 1.82) is 0 Å². The number of benzene rings is 1. The zero-order valence-corrected chi connectivity index (χ0v) is 12.0. The molecule has 0 aliphatic carbocycles. The second-order valence-electron chi connectivity index (χ2n) is 4.29. The van der Waals surface area contributed by atoms with Crippen LogP contribution in [-0.2, 0) is 0 Å². The lowest BCUT2D eigenvalue weighted by molar-refractivity contribution is 0.601. The maximum Gasteiger partial charge on any atom is 0.196 e. The lowest BCUT2D eigenvalue weighted by atomic mass is 10.1. The molecule has 5 nitrogen and oxygen atoms in total. The Morgan fingerprint density at radius 3 is 2.45 bits per heavy atom. The van der Waals surface area contributed by atoms with Crippen LogP contribution in [-0.4, -0.2) is 17.0 Å². The Morgan fingerprint density at radius 2 is 1.85 bits per heavy atom. The molecule has 0 saturated carbocycles. The molecular weight excluding hydrogens is 277 g/mol. The summed E-state index contributed by atoms with van der Waals surface area (Å²) in [4.78, 5) is 9.09. The number of nitrogens with one attached hydrogen (secondary N) is 1. The summed E-state index contributed by atoms with van der Waals surface area (Å²) in [6.07, 6.45) is 0. The summed E-state index contributed by atoms with van der Waals surface area (Å²) < 4.78 is 13.4. The average Bonchev–Trinajstić information content (AvgIpc) is 2.38. The first-order valence-electron chi connectivity index (χ1n) is 6.04. The second kappa shape index (κ2) is 6.06. The molecule has 0 aliphatic heterocycles. The van der Waals surface area contributed by atoms with Crippen molar-refractivity contribution < 1.29 is 4.39 Å².